The normalized spacial score (nSPS) is 12.2. The number of hydrogen-bond donors (Lipinski definition) is 2. The van der Waals surface area contributed by atoms with E-state index in [2.05, 4.69) is 21.2 Å². The molecular formula is C20H16BrN3OS. The second-order valence-electron chi connectivity index (χ2n) is 5.97. The molecule has 0 saturated carbocycles. The van der Waals surface area contributed by atoms with Gasteiger partial charge in [-0.3, -0.25) is 4.79 Å². The summed E-state index contributed by atoms with van der Waals surface area (Å²) in [6.07, 6.45) is 0. The van der Waals surface area contributed by atoms with Gasteiger partial charge < -0.3 is 16.0 Å². The van der Waals surface area contributed by atoms with E-state index < -0.39 is 0 Å². The Hall–Kier alpha value is -2.44. The molecule has 0 radical (unpaired) electrons. The molecule has 6 heteroatoms. The van der Waals surface area contributed by atoms with Crippen molar-refractivity contribution in [3.8, 4) is 0 Å². The van der Waals surface area contributed by atoms with E-state index in [-0.39, 0.29) is 5.43 Å². The Labute approximate surface area is 164 Å². The van der Waals surface area contributed by atoms with Crippen molar-refractivity contribution in [2.75, 3.05) is 23.0 Å². The van der Waals surface area contributed by atoms with Crippen LogP contribution < -0.4 is 21.4 Å². The Bertz CT molecular complexity index is 1070. The molecule has 4 nitrogen and oxygen atoms in total. The van der Waals surface area contributed by atoms with Crippen molar-refractivity contribution in [2.45, 2.75) is 9.79 Å². The van der Waals surface area contributed by atoms with Gasteiger partial charge in [0, 0.05) is 22.1 Å². The van der Waals surface area contributed by atoms with Gasteiger partial charge >= 0.3 is 0 Å². The van der Waals surface area contributed by atoms with Gasteiger partial charge in [-0.05, 0) is 36.4 Å². The second kappa shape index (κ2) is 6.70. The number of para-hydroxylation sites is 3. The van der Waals surface area contributed by atoms with E-state index in [4.69, 9.17) is 5.73 Å². The lowest BCUT2D eigenvalue weighted by Gasteiger charge is -2.29. The Kier molecular flexibility index (Phi) is 4.38. The highest BCUT2D eigenvalue weighted by Gasteiger charge is 2.23. The van der Waals surface area contributed by atoms with E-state index >= 15 is 0 Å². The lowest BCUT2D eigenvalue weighted by molar-refractivity contribution is 1.18. The number of rotatable bonds is 2. The molecule has 0 amide bonds. The van der Waals surface area contributed by atoms with Crippen LogP contribution in [-0.4, -0.2) is 7.05 Å². The summed E-state index contributed by atoms with van der Waals surface area (Å²) in [6, 6.07) is 19.3. The highest BCUT2D eigenvalue weighted by Crippen LogP contribution is 2.42. The van der Waals surface area contributed by atoms with Gasteiger partial charge in [0.15, 0.2) is 0 Å². The number of hydrogen-bond acceptors (Lipinski definition) is 5. The average molecular weight is 426 g/mol. The smallest absolute Gasteiger partial charge is 0.218 e. The van der Waals surface area contributed by atoms with Crippen molar-refractivity contribution >= 4 is 56.1 Å². The van der Waals surface area contributed by atoms with E-state index in [0.717, 1.165) is 26.4 Å². The zero-order valence-corrected chi connectivity index (χ0v) is 16.4. The predicted octanol–water partition coefficient (Wildman–Crippen LogP) is 5.37. The van der Waals surface area contributed by atoms with Crippen LogP contribution >= 0.6 is 27.7 Å². The molecular weight excluding hydrogens is 410 g/mol. The predicted molar refractivity (Wildman–Crippen MR) is 113 cm³/mol. The topological polar surface area (TPSA) is 58.4 Å². The van der Waals surface area contributed by atoms with Crippen molar-refractivity contribution in [3.05, 3.63) is 75.4 Å². The van der Waals surface area contributed by atoms with E-state index in [1.54, 1.807) is 0 Å². The quantitative estimate of drug-likeness (QED) is 0.540. The first-order valence-corrected chi connectivity index (χ1v) is 9.65. The van der Waals surface area contributed by atoms with Crippen molar-refractivity contribution in [2.24, 2.45) is 0 Å². The molecule has 3 aromatic carbocycles. The third-order valence-corrected chi connectivity index (χ3v) is 5.85. The summed E-state index contributed by atoms with van der Waals surface area (Å²) in [6.45, 7) is 0. The zero-order valence-electron chi connectivity index (χ0n) is 14.0. The molecule has 1 aliphatic heterocycles. The van der Waals surface area contributed by atoms with Gasteiger partial charge in [-0.25, -0.2) is 0 Å². The van der Waals surface area contributed by atoms with Gasteiger partial charge in [-0.2, -0.15) is 0 Å². The molecule has 0 spiro atoms. The summed E-state index contributed by atoms with van der Waals surface area (Å²) in [5.74, 6) is 0. The average Bonchev–Trinajstić information content (AvgIpc) is 2.75. The molecule has 4 rings (SSSR count). The minimum absolute atomic E-state index is 0.0553. The summed E-state index contributed by atoms with van der Waals surface area (Å²) in [7, 11) is 1.96. The first kappa shape index (κ1) is 17.0. The first-order valence-electron chi connectivity index (χ1n) is 8.04. The zero-order chi connectivity index (χ0) is 18.3. The second-order valence-corrected chi connectivity index (χ2v) is 7.97. The Balaban J connectivity index is 1.88. The van der Waals surface area contributed by atoms with Crippen molar-refractivity contribution in [3.63, 3.8) is 0 Å². The minimum Gasteiger partial charge on any atom is -0.398 e. The monoisotopic (exact) mass is 425 g/mol. The van der Waals surface area contributed by atoms with Crippen LogP contribution in [0.15, 0.2) is 79.7 Å². The number of nitrogens with two attached hydrogens (primary N) is 1. The van der Waals surface area contributed by atoms with E-state index in [1.807, 2.05) is 72.6 Å². The lowest BCUT2D eigenvalue weighted by Crippen LogP contribution is -2.21. The summed E-state index contributed by atoms with van der Waals surface area (Å²) < 4.78 is 0.834. The molecule has 0 fully saturated rings. The van der Waals surface area contributed by atoms with Crippen LogP contribution in [0.5, 0.6) is 0 Å². The van der Waals surface area contributed by atoms with E-state index in [9.17, 15) is 4.79 Å². The fourth-order valence-electron chi connectivity index (χ4n) is 2.96. The molecule has 26 heavy (non-hydrogen) atoms. The first-order chi connectivity index (χ1) is 12.5. The van der Waals surface area contributed by atoms with Crippen LogP contribution in [0.25, 0.3) is 0 Å². The van der Waals surface area contributed by atoms with Gasteiger partial charge in [0.1, 0.15) is 5.69 Å². The third-order valence-electron chi connectivity index (χ3n) is 4.28. The molecule has 3 aromatic rings. The molecule has 0 unspecified atom stereocenters. The maximum atomic E-state index is 13.3. The molecule has 0 atom stereocenters. The summed E-state index contributed by atoms with van der Waals surface area (Å²) in [5, 5.41) is 3.31. The van der Waals surface area contributed by atoms with Crippen molar-refractivity contribution in [1.29, 1.82) is 0 Å². The lowest BCUT2D eigenvalue weighted by atomic mass is 10.1. The van der Waals surface area contributed by atoms with E-state index in [0.29, 0.717) is 16.3 Å². The Morgan fingerprint density at radius 3 is 2.54 bits per heavy atom. The van der Waals surface area contributed by atoms with Gasteiger partial charge in [0.2, 0.25) is 5.43 Å². The number of halogens is 1. The summed E-state index contributed by atoms with van der Waals surface area (Å²) in [5.41, 5.74) is 9.99. The highest BCUT2D eigenvalue weighted by atomic mass is 79.9. The standard InChI is InChI=1S/C20H16BrN3OS/c1-24-15-8-4-3-7-14(15)23-19-16(24)10-12(21)11-18(20(19)25)26-17-9-5-2-6-13(17)22/h2-11,23H,22H2,1H3. The minimum atomic E-state index is -0.0553. The van der Waals surface area contributed by atoms with Gasteiger partial charge in [-0.15, -0.1) is 0 Å². The fourth-order valence-corrected chi connectivity index (χ4v) is 4.51. The Morgan fingerprint density at radius 2 is 1.73 bits per heavy atom. The van der Waals surface area contributed by atoms with Crippen LogP contribution in [0.2, 0.25) is 0 Å². The number of anilines is 5. The van der Waals surface area contributed by atoms with Crippen LogP contribution in [0.1, 0.15) is 0 Å². The molecule has 0 bridgehead atoms. The molecule has 130 valence electrons. The van der Waals surface area contributed by atoms with Crippen molar-refractivity contribution in [1.82, 2.24) is 0 Å². The van der Waals surface area contributed by atoms with Crippen LogP contribution in [0.4, 0.5) is 28.4 Å². The SMILES string of the molecule is CN1c2ccccc2Nc2c1cc(Br)cc(Sc1ccccc1N)c2=O. The molecule has 1 aliphatic rings. The maximum Gasteiger partial charge on any atom is 0.218 e. The number of nitrogen functional groups attached to an aromatic ring is 1. The largest absolute Gasteiger partial charge is 0.398 e. The molecule has 1 heterocycles. The van der Waals surface area contributed by atoms with Gasteiger partial charge in [0.05, 0.1) is 22.0 Å². The number of nitrogens with zero attached hydrogens (tertiary/aromatic N) is 1. The molecule has 0 saturated heterocycles. The summed E-state index contributed by atoms with van der Waals surface area (Å²) >= 11 is 4.94. The number of benzene rings is 2. The van der Waals surface area contributed by atoms with Gasteiger partial charge in [-0.1, -0.05) is 52.0 Å². The molecule has 3 N–H and O–H groups in total. The third kappa shape index (κ3) is 2.95. The van der Waals surface area contributed by atoms with Crippen LogP contribution in [0.3, 0.4) is 0 Å². The fraction of sp³-hybridized carbons (Fsp3) is 0.0500. The highest BCUT2D eigenvalue weighted by molar-refractivity contribution is 9.10. The maximum absolute atomic E-state index is 13.3. The van der Waals surface area contributed by atoms with Crippen LogP contribution in [0, 0.1) is 0 Å². The number of fused-ring (bicyclic) bond motifs is 2. The molecule has 0 aliphatic carbocycles. The number of nitrogens with one attached hydrogen (secondary N) is 1. The molecule has 0 aromatic heterocycles. The summed E-state index contributed by atoms with van der Waals surface area (Å²) in [4.78, 5) is 16.8. The van der Waals surface area contributed by atoms with Crippen LogP contribution in [-0.2, 0) is 0 Å². The van der Waals surface area contributed by atoms with Crippen molar-refractivity contribution < 1.29 is 0 Å². The Morgan fingerprint density at radius 1 is 1.00 bits per heavy atom. The van der Waals surface area contributed by atoms with E-state index in [1.165, 1.54) is 11.8 Å². The van der Waals surface area contributed by atoms with Gasteiger partial charge in [0.25, 0.3) is 0 Å².